The van der Waals surface area contributed by atoms with E-state index >= 15 is 0 Å². The van der Waals surface area contributed by atoms with Crippen LogP contribution in [0.3, 0.4) is 0 Å². The zero-order valence-corrected chi connectivity index (χ0v) is 19.6. The highest BCUT2D eigenvalue weighted by atomic mass is 16.6. The molecule has 1 amide bonds. The van der Waals surface area contributed by atoms with Gasteiger partial charge < -0.3 is 20.3 Å². The van der Waals surface area contributed by atoms with Gasteiger partial charge in [0.15, 0.2) is 5.96 Å². The summed E-state index contributed by atoms with van der Waals surface area (Å²) < 4.78 is 7.57. The van der Waals surface area contributed by atoms with Gasteiger partial charge in [-0.05, 0) is 72.3 Å². The molecule has 1 aromatic rings. The average molecular weight is 421 g/mol. The van der Waals surface area contributed by atoms with Gasteiger partial charge in [0.2, 0.25) is 0 Å². The fraction of sp³-hybridized carbons (Fsp3) is 0.773. The maximum atomic E-state index is 12.3. The van der Waals surface area contributed by atoms with E-state index in [1.54, 1.807) is 7.05 Å². The van der Waals surface area contributed by atoms with Gasteiger partial charge in [-0.25, -0.2) is 4.79 Å². The first kappa shape index (κ1) is 24.0. The summed E-state index contributed by atoms with van der Waals surface area (Å²) in [6.07, 6.45) is 3.97. The summed E-state index contributed by atoms with van der Waals surface area (Å²) in [6, 6.07) is 2.10. The molecule has 0 spiro atoms. The minimum Gasteiger partial charge on any atom is -0.444 e. The van der Waals surface area contributed by atoms with Crippen molar-refractivity contribution < 1.29 is 9.53 Å². The van der Waals surface area contributed by atoms with Crippen LogP contribution in [0.5, 0.6) is 0 Å². The average Bonchev–Trinajstić information content (AvgIpc) is 2.99. The van der Waals surface area contributed by atoms with Crippen molar-refractivity contribution in [3.05, 3.63) is 17.5 Å². The first-order chi connectivity index (χ1) is 14.2. The normalized spacial score (nSPS) is 17.7. The zero-order valence-electron chi connectivity index (χ0n) is 19.6. The Kier molecular flexibility index (Phi) is 8.99. The number of aliphatic imine (C=N–C) groups is 1. The molecule has 1 fully saturated rings. The number of hydrogen-bond acceptors (Lipinski definition) is 4. The van der Waals surface area contributed by atoms with Crippen LogP contribution in [-0.2, 0) is 11.3 Å². The van der Waals surface area contributed by atoms with E-state index in [1.807, 2.05) is 37.3 Å². The molecule has 0 saturated carbocycles. The Balaban J connectivity index is 1.65. The van der Waals surface area contributed by atoms with Crippen LogP contribution in [0.15, 0.2) is 11.1 Å². The molecular formula is C22H40N6O2. The Hall–Kier alpha value is -2.25. The molecule has 2 heterocycles. The molecule has 1 atom stereocenters. The van der Waals surface area contributed by atoms with Crippen molar-refractivity contribution in [2.45, 2.75) is 72.4 Å². The topological polar surface area (TPSA) is 83.8 Å². The van der Waals surface area contributed by atoms with E-state index in [0.717, 1.165) is 70.1 Å². The highest BCUT2D eigenvalue weighted by molar-refractivity contribution is 5.79. The number of nitrogens with one attached hydrogen (secondary N) is 2. The number of aryl methyl sites for hydroxylation is 3. The van der Waals surface area contributed by atoms with Gasteiger partial charge in [-0.3, -0.25) is 9.67 Å². The molecule has 8 heteroatoms. The molecule has 1 aliphatic rings. The molecule has 1 saturated heterocycles. The molecule has 0 bridgehead atoms. The van der Waals surface area contributed by atoms with E-state index in [1.165, 1.54) is 5.69 Å². The summed E-state index contributed by atoms with van der Waals surface area (Å²) in [5, 5.41) is 11.3. The molecule has 2 N–H and O–H groups in total. The number of aromatic nitrogens is 2. The summed E-state index contributed by atoms with van der Waals surface area (Å²) in [4.78, 5) is 18.5. The number of likely N-dealkylation sites (tertiary alicyclic amines) is 1. The van der Waals surface area contributed by atoms with Crippen LogP contribution in [0.2, 0.25) is 0 Å². The lowest BCUT2D eigenvalue weighted by Gasteiger charge is -2.34. The number of guanidine groups is 1. The fourth-order valence-electron chi connectivity index (χ4n) is 3.75. The quantitative estimate of drug-likeness (QED) is 0.402. The molecule has 30 heavy (non-hydrogen) atoms. The number of carbonyl (C=O) groups is 1. The number of carbonyl (C=O) groups excluding carboxylic acids is 1. The van der Waals surface area contributed by atoms with Gasteiger partial charge in [-0.1, -0.05) is 0 Å². The van der Waals surface area contributed by atoms with Crippen LogP contribution < -0.4 is 10.6 Å². The second kappa shape index (κ2) is 11.2. The third-order valence-electron chi connectivity index (χ3n) is 5.18. The molecule has 1 aliphatic heterocycles. The molecular weight excluding hydrogens is 380 g/mol. The monoisotopic (exact) mass is 420 g/mol. The lowest BCUT2D eigenvalue weighted by molar-refractivity contribution is 0.0162. The Bertz CT molecular complexity index is 707. The molecule has 170 valence electrons. The minimum atomic E-state index is -0.446. The summed E-state index contributed by atoms with van der Waals surface area (Å²) in [6.45, 7) is 14.0. The maximum Gasteiger partial charge on any atom is 0.410 e. The van der Waals surface area contributed by atoms with Gasteiger partial charge in [-0.15, -0.1) is 0 Å². The van der Waals surface area contributed by atoms with E-state index in [0.29, 0.717) is 5.92 Å². The third-order valence-corrected chi connectivity index (χ3v) is 5.18. The summed E-state index contributed by atoms with van der Waals surface area (Å²) in [5.74, 6) is 1.31. The maximum absolute atomic E-state index is 12.3. The standard InChI is InChI=1S/C22H40N6O2/c1-17-15-18(2)28(26-17)14-8-11-24-20(23-6)25-12-10-19-9-7-13-27(16-19)21(29)30-22(3,4)5/h15,19H,7-14,16H2,1-6H3,(H2,23,24,25). The van der Waals surface area contributed by atoms with E-state index in [4.69, 9.17) is 4.74 Å². The third kappa shape index (κ3) is 8.24. The first-order valence-electron chi connectivity index (χ1n) is 11.1. The van der Waals surface area contributed by atoms with Gasteiger partial charge >= 0.3 is 6.09 Å². The molecule has 2 rings (SSSR count). The Morgan fingerprint density at radius 3 is 2.67 bits per heavy atom. The Morgan fingerprint density at radius 1 is 1.30 bits per heavy atom. The van der Waals surface area contributed by atoms with E-state index in [2.05, 4.69) is 33.7 Å². The van der Waals surface area contributed by atoms with Crippen LogP contribution in [0.25, 0.3) is 0 Å². The zero-order chi connectivity index (χ0) is 22.1. The second-order valence-electron chi connectivity index (χ2n) is 9.15. The van der Waals surface area contributed by atoms with Crippen LogP contribution in [0.1, 0.15) is 57.8 Å². The predicted molar refractivity (Wildman–Crippen MR) is 121 cm³/mol. The van der Waals surface area contributed by atoms with Crippen LogP contribution >= 0.6 is 0 Å². The number of rotatable bonds is 7. The molecule has 1 aromatic heterocycles. The van der Waals surface area contributed by atoms with Gasteiger partial charge in [-0.2, -0.15) is 5.10 Å². The number of hydrogen-bond donors (Lipinski definition) is 2. The molecule has 1 unspecified atom stereocenters. The lowest BCUT2D eigenvalue weighted by atomic mass is 9.95. The Morgan fingerprint density at radius 2 is 2.03 bits per heavy atom. The number of amides is 1. The van der Waals surface area contributed by atoms with Crippen molar-refractivity contribution in [2.75, 3.05) is 33.2 Å². The van der Waals surface area contributed by atoms with Gasteiger partial charge in [0.1, 0.15) is 5.60 Å². The number of piperidine rings is 1. The first-order valence-corrected chi connectivity index (χ1v) is 11.1. The fourth-order valence-corrected chi connectivity index (χ4v) is 3.75. The lowest BCUT2D eigenvalue weighted by Crippen LogP contribution is -2.44. The predicted octanol–water partition coefficient (Wildman–Crippen LogP) is 3.09. The van der Waals surface area contributed by atoms with Crippen molar-refractivity contribution in [2.24, 2.45) is 10.9 Å². The SMILES string of the molecule is CN=C(NCCCn1nc(C)cc1C)NCCC1CCCN(C(=O)OC(C)(C)C)C1. The van der Waals surface area contributed by atoms with E-state index in [-0.39, 0.29) is 6.09 Å². The van der Waals surface area contributed by atoms with Gasteiger partial charge in [0.05, 0.1) is 5.69 Å². The largest absolute Gasteiger partial charge is 0.444 e. The molecule has 0 aromatic carbocycles. The highest BCUT2D eigenvalue weighted by Gasteiger charge is 2.27. The minimum absolute atomic E-state index is 0.194. The summed E-state index contributed by atoms with van der Waals surface area (Å²) in [5.41, 5.74) is 1.81. The van der Waals surface area contributed by atoms with Crippen molar-refractivity contribution in [3.8, 4) is 0 Å². The molecule has 0 aliphatic carbocycles. The van der Waals surface area contributed by atoms with Crippen molar-refractivity contribution >= 4 is 12.1 Å². The highest BCUT2D eigenvalue weighted by Crippen LogP contribution is 2.21. The van der Waals surface area contributed by atoms with E-state index in [9.17, 15) is 4.79 Å². The number of nitrogens with zero attached hydrogens (tertiary/aromatic N) is 4. The van der Waals surface area contributed by atoms with Crippen LogP contribution in [-0.4, -0.2) is 65.6 Å². The van der Waals surface area contributed by atoms with E-state index < -0.39 is 5.60 Å². The van der Waals surface area contributed by atoms with Crippen molar-refractivity contribution in [1.29, 1.82) is 0 Å². The molecule has 8 nitrogen and oxygen atoms in total. The van der Waals surface area contributed by atoms with Crippen molar-refractivity contribution in [3.63, 3.8) is 0 Å². The summed E-state index contributed by atoms with van der Waals surface area (Å²) >= 11 is 0. The smallest absolute Gasteiger partial charge is 0.410 e. The van der Waals surface area contributed by atoms with Crippen molar-refractivity contribution in [1.82, 2.24) is 25.3 Å². The van der Waals surface area contributed by atoms with Gasteiger partial charge in [0, 0.05) is 45.5 Å². The van der Waals surface area contributed by atoms with Crippen LogP contribution in [0.4, 0.5) is 4.79 Å². The number of ether oxygens (including phenoxy) is 1. The summed E-state index contributed by atoms with van der Waals surface area (Å²) in [7, 11) is 1.79. The van der Waals surface area contributed by atoms with Gasteiger partial charge in [0.25, 0.3) is 0 Å². The Labute approximate surface area is 181 Å². The van der Waals surface area contributed by atoms with Crippen LogP contribution in [0, 0.1) is 19.8 Å². The second-order valence-corrected chi connectivity index (χ2v) is 9.15. The molecule has 0 radical (unpaired) electrons.